The maximum Gasteiger partial charge on any atom is 0.251 e. The highest BCUT2D eigenvalue weighted by molar-refractivity contribution is 14.0. The van der Waals surface area contributed by atoms with Crippen LogP contribution in [-0.2, 0) is 17.7 Å². The molecule has 0 bridgehead atoms. The van der Waals surface area contributed by atoms with E-state index in [4.69, 9.17) is 16.3 Å². The lowest BCUT2D eigenvalue weighted by molar-refractivity contribution is 0.0857. The van der Waals surface area contributed by atoms with Crippen LogP contribution in [0, 0.1) is 0 Å². The molecule has 0 aliphatic carbocycles. The molecular formula is C22H29ClIN5O2. The van der Waals surface area contributed by atoms with Gasteiger partial charge in [0.1, 0.15) is 5.15 Å². The van der Waals surface area contributed by atoms with Gasteiger partial charge in [-0.05, 0) is 48.6 Å². The van der Waals surface area contributed by atoms with E-state index in [9.17, 15) is 4.79 Å². The average molecular weight is 558 g/mol. The van der Waals surface area contributed by atoms with E-state index in [-0.39, 0.29) is 36.0 Å². The summed E-state index contributed by atoms with van der Waals surface area (Å²) in [4.78, 5) is 20.7. The quantitative estimate of drug-likeness (QED) is 0.201. The number of nitrogens with one attached hydrogen (secondary N) is 3. The number of hydrogen-bond donors (Lipinski definition) is 3. The lowest BCUT2D eigenvalue weighted by Crippen LogP contribution is -2.38. The lowest BCUT2D eigenvalue weighted by atomic mass is 10.1. The van der Waals surface area contributed by atoms with Gasteiger partial charge in [-0.1, -0.05) is 29.8 Å². The third-order valence-electron chi connectivity index (χ3n) is 4.88. The third-order valence-corrected chi connectivity index (χ3v) is 5.11. The Bertz CT molecular complexity index is 857. The Balaban J connectivity index is 0.00000341. The highest BCUT2D eigenvalue weighted by Crippen LogP contribution is 2.11. The molecule has 2 aromatic rings. The molecule has 0 radical (unpaired) electrons. The largest absolute Gasteiger partial charge is 0.376 e. The van der Waals surface area contributed by atoms with Crippen LogP contribution in [0.4, 0.5) is 0 Å². The first kappa shape index (κ1) is 25.4. The van der Waals surface area contributed by atoms with Crippen LogP contribution in [0.3, 0.4) is 0 Å². The number of rotatable bonds is 8. The summed E-state index contributed by atoms with van der Waals surface area (Å²) in [6, 6.07) is 11.3. The maximum atomic E-state index is 12.4. The summed E-state index contributed by atoms with van der Waals surface area (Å²) < 4.78 is 5.55. The van der Waals surface area contributed by atoms with Crippen LogP contribution < -0.4 is 16.0 Å². The van der Waals surface area contributed by atoms with Gasteiger partial charge in [0.15, 0.2) is 5.96 Å². The van der Waals surface area contributed by atoms with E-state index in [2.05, 4.69) is 25.9 Å². The number of guanidine groups is 1. The fourth-order valence-corrected chi connectivity index (χ4v) is 3.33. The van der Waals surface area contributed by atoms with Crippen LogP contribution in [0.2, 0.25) is 5.15 Å². The average Bonchev–Trinajstić information content (AvgIpc) is 3.29. The van der Waals surface area contributed by atoms with Crippen molar-refractivity contribution in [1.29, 1.82) is 0 Å². The Labute approximate surface area is 205 Å². The fraction of sp³-hybridized carbons (Fsp3) is 0.409. The minimum absolute atomic E-state index is 0. The second-order valence-electron chi connectivity index (χ2n) is 7.14. The molecule has 168 valence electrons. The van der Waals surface area contributed by atoms with Crippen LogP contribution in [0.5, 0.6) is 0 Å². The van der Waals surface area contributed by atoms with Gasteiger partial charge < -0.3 is 20.7 Å². The molecule has 31 heavy (non-hydrogen) atoms. The van der Waals surface area contributed by atoms with Crippen LogP contribution in [-0.4, -0.2) is 49.7 Å². The van der Waals surface area contributed by atoms with Gasteiger partial charge in [-0.25, -0.2) is 4.98 Å². The van der Waals surface area contributed by atoms with Crippen LogP contribution in [0.1, 0.15) is 34.3 Å². The number of halogens is 2. The molecule has 1 aromatic carbocycles. The molecule has 3 rings (SSSR count). The molecule has 1 atom stereocenters. The smallest absolute Gasteiger partial charge is 0.251 e. The summed E-state index contributed by atoms with van der Waals surface area (Å²) in [5.41, 5.74) is 2.75. The molecule has 0 spiro atoms. The number of amides is 1. The first-order valence-corrected chi connectivity index (χ1v) is 10.6. The number of hydrogen-bond acceptors (Lipinski definition) is 4. The number of benzene rings is 1. The Hall–Kier alpha value is -1.91. The van der Waals surface area contributed by atoms with Crippen molar-refractivity contribution in [2.75, 3.05) is 26.7 Å². The molecule has 1 aliphatic rings. The highest BCUT2D eigenvalue weighted by atomic mass is 127. The van der Waals surface area contributed by atoms with E-state index in [0.717, 1.165) is 37.0 Å². The second kappa shape index (κ2) is 13.5. The molecule has 1 aliphatic heterocycles. The van der Waals surface area contributed by atoms with Gasteiger partial charge >= 0.3 is 0 Å². The highest BCUT2D eigenvalue weighted by Gasteiger charge is 2.16. The van der Waals surface area contributed by atoms with Crippen molar-refractivity contribution in [3.05, 3.63) is 64.4 Å². The second-order valence-corrected chi connectivity index (χ2v) is 7.52. The predicted octanol–water partition coefficient (Wildman–Crippen LogP) is 3.17. The van der Waals surface area contributed by atoms with E-state index in [1.54, 1.807) is 19.3 Å². The molecule has 7 nitrogen and oxygen atoms in total. The Morgan fingerprint density at radius 2 is 2.10 bits per heavy atom. The standard InChI is InChI=1S/C22H28ClN5O2.HI/c1-24-22(25-10-9-16-7-8-20(23)26-13-16)28-14-17-4-2-5-18(12-17)21(29)27-15-19-6-3-11-30-19;/h2,4-5,7-8,12-13,19H,3,6,9-11,14-15H2,1H3,(H,27,29)(H2,24,25,28);1H. The van der Waals surface area contributed by atoms with Gasteiger partial charge in [0.05, 0.1) is 6.10 Å². The summed E-state index contributed by atoms with van der Waals surface area (Å²) in [6.07, 6.45) is 4.79. The minimum atomic E-state index is -0.0774. The molecule has 1 saturated heterocycles. The molecule has 0 saturated carbocycles. The fourth-order valence-electron chi connectivity index (χ4n) is 3.22. The Morgan fingerprint density at radius 3 is 2.81 bits per heavy atom. The predicted molar refractivity (Wildman–Crippen MR) is 134 cm³/mol. The topological polar surface area (TPSA) is 87.6 Å². The van der Waals surface area contributed by atoms with E-state index in [0.29, 0.717) is 36.3 Å². The molecule has 9 heteroatoms. The van der Waals surface area contributed by atoms with Crippen LogP contribution >= 0.6 is 35.6 Å². The first-order chi connectivity index (χ1) is 14.6. The van der Waals surface area contributed by atoms with Crippen molar-refractivity contribution in [1.82, 2.24) is 20.9 Å². The van der Waals surface area contributed by atoms with E-state index in [1.165, 1.54) is 0 Å². The zero-order valence-corrected chi connectivity index (χ0v) is 20.7. The Morgan fingerprint density at radius 1 is 1.23 bits per heavy atom. The number of carbonyl (C=O) groups excluding carboxylic acids is 1. The van der Waals surface area contributed by atoms with Gasteiger partial charge in [0.25, 0.3) is 5.91 Å². The summed E-state index contributed by atoms with van der Waals surface area (Å²) in [5.74, 6) is 0.622. The van der Waals surface area contributed by atoms with Crippen LogP contribution in [0.15, 0.2) is 47.6 Å². The summed E-state index contributed by atoms with van der Waals surface area (Å²) in [6.45, 7) is 2.62. The van der Waals surface area contributed by atoms with Crippen LogP contribution in [0.25, 0.3) is 0 Å². The number of aliphatic imine (C=N–C) groups is 1. The van der Waals surface area contributed by atoms with Crippen molar-refractivity contribution in [3.63, 3.8) is 0 Å². The van der Waals surface area contributed by atoms with Gasteiger partial charge in [0, 0.05) is 45.0 Å². The number of pyridine rings is 1. The molecule has 2 heterocycles. The van der Waals surface area contributed by atoms with Crippen molar-refractivity contribution in [2.24, 2.45) is 4.99 Å². The van der Waals surface area contributed by atoms with E-state index >= 15 is 0 Å². The van der Waals surface area contributed by atoms with Gasteiger partial charge in [-0.15, -0.1) is 24.0 Å². The Kier molecular flexibility index (Phi) is 11.0. The van der Waals surface area contributed by atoms with Crippen molar-refractivity contribution >= 4 is 47.4 Å². The van der Waals surface area contributed by atoms with Crippen molar-refractivity contribution < 1.29 is 9.53 Å². The third kappa shape index (κ3) is 8.62. The molecule has 1 amide bonds. The maximum absolute atomic E-state index is 12.4. The van der Waals surface area contributed by atoms with E-state index in [1.807, 2.05) is 30.3 Å². The first-order valence-electron chi connectivity index (χ1n) is 10.2. The minimum Gasteiger partial charge on any atom is -0.376 e. The lowest BCUT2D eigenvalue weighted by Gasteiger charge is -2.13. The zero-order chi connectivity index (χ0) is 21.2. The number of nitrogens with zero attached hydrogens (tertiary/aromatic N) is 2. The van der Waals surface area contributed by atoms with Gasteiger partial charge in [-0.3, -0.25) is 9.79 Å². The summed E-state index contributed by atoms with van der Waals surface area (Å²) in [7, 11) is 1.73. The summed E-state index contributed by atoms with van der Waals surface area (Å²) >= 11 is 5.81. The van der Waals surface area contributed by atoms with Gasteiger partial charge in [-0.2, -0.15) is 0 Å². The SMILES string of the molecule is CN=C(NCCc1ccc(Cl)nc1)NCc1cccc(C(=O)NCC2CCCO2)c1.I. The number of ether oxygens (including phenoxy) is 1. The molecule has 3 N–H and O–H groups in total. The molecule has 1 fully saturated rings. The van der Waals surface area contributed by atoms with Gasteiger partial charge in [0.2, 0.25) is 0 Å². The van der Waals surface area contributed by atoms with Crippen molar-refractivity contribution in [2.45, 2.75) is 31.9 Å². The normalized spacial score (nSPS) is 15.8. The number of aromatic nitrogens is 1. The number of carbonyl (C=O) groups is 1. The summed E-state index contributed by atoms with van der Waals surface area (Å²) in [5, 5.41) is 10.0. The molecular weight excluding hydrogens is 529 g/mol. The van der Waals surface area contributed by atoms with Crippen molar-refractivity contribution in [3.8, 4) is 0 Å². The molecule has 1 aromatic heterocycles. The zero-order valence-electron chi connectivity index (χ0n) is 17.6. The monoisotopic (exact) mass is 557 g/mol. The molecule has 1 unspecified atom stereocenters. The van der Waals surface area contributed by atoms with E-state index < -0.39 is 0 Å².